The number of carbonyl (C=O) groups is 1. The first-order valence-electron chi connectivity index (χ1n) is 8.29. The number of aromatic nitrogens is 1. The molecule has 0 aliphatic carbocycles. The molecule has 0 bridgehead atoms. The lowest BCUT2D eigenvalue weighted by atomic mass is 10.1. The van der Waals surface area contributed by atoms with Gasteiger partial charge in [0.05, 0.1) is 11.1 Å². The van der Waals surface area contributed by atoms with Crippen molar-refractivity contribution in [2.45, 2.75) is 25.1 Å². The first-order valence-corrected chi connectivity index (χ1v) is 8.29. The second-order valence-corrected chi connectivity index (χ2v) is 6.26. The minimum atomic E-state index is -4.44. The van der Waals surface area contributed by atoms with Gasteiger partial charge in [-0.3, -0.25) is 4.79 Å². The molecule has 2 heterocycles. The van der Waals surface area contributed by atoms with Crippen LogP contribution in [0.25, 0.3) is 0 Å². The van der Waals surface area contributed by atoms with Gasteiger partial charge in [0.15, 0.2) is 0 Å². The van der Waals surface area contributed by atoms with E-state index in [1.165, 1.54) is 18.3 Å². The van der Waals surface area contributed by atoms with E-state index in [4.69, 9.17) is 5.73 Å². The van der Waals surface area contributed by atoms with Crippen molar-refractivity contribution in [1.29, 1.82) is 0 Å². The van der Waals surface area contributed by atoms with Crippen molar-refractivity contribution in [3.63, 3.8) is 0 Å². The molecular formula is C18H20ClF3N4O. The molecule has 1 aliphatic heterocycles. The smallest absolute Gasteiger partial charge is 0.340 e. The molecule has 1 aliphatic rings. The molecule has 0 saturated carbocycles. The monoisotopic (exact) mass is 400 g/mol. The first-order chi connectivity index (χ1) is 12.3. The Bertz CT molecular complexity index is 800. The van der Waals surface area contributed by atoms with E-state index < -0.39 is 11.7 Å². The summed E-state index contributed by atoms with van der Waals surface area (Å²) in [5.41, 5.74) is 5.67. The standard InChI is InChI=1S/C18H19F3N4O.ClH/c19-18(20,21)12-4-1-6-14(10-12)24-16-15(7-2-8-23-16)17(26)25-9-3-5-13(22)11-25;/h1-2,4,6-8,10,13H,3,5,9,11,22H2,(H,23,24);1H. The molecule has 3 N–H and O–H groups in total. The summed E-state index contributed by atoms with van der Waals surface area (Å²) < 4.78 is 38.6. The molecule has 27 heavy (non-hydrogen) atoms. The van der Waals surface area contributed by atoms with Gasteiger partial charge in [-0.1, -0.05) is 6.07 Å². The van der Waals surface area contributed by atoms with E-state index in [0.29, 0.717) is 18.7 Å². The molecule has 146 valence electrons. The highest BCUT2D eigenvalue weighted by Crippen LogP contribution is 2.31. The lowest BCUT2D eigenvalue weighted by Crippen LogP contribution is -2.45. The number of pyridine rings is 1. The minimum absolute atomic E-state index is 0. The Morgan fingerprint density at radius 3 is 2.74 bits per heavy atom. The van der Waals surface area contributed by atoms with Gasteiger partial charge >= 0.3 is 6.18 Å². The van der Waals surface area contributed by atoms with Gasteiger partial charge in [0.2, 0.25) is 0 Å². The van der Waals surface area contributed by atoms with Crippen molar-refractivity contribution < 1.29 is 18.0 Å². The number of anilines is 2. The van der Waals surface area contributed by atoms with E-state index in [2.05, 4.69) is 10.3 Å². The topological polar surface area (TPSA) is 71.2 Å². The second-order valence-electron chi connectivity index (χ2n) is 6.26. The highest BCUT2D eigenvalue weighted by Gasteiger charge is 2.30. The molecule has 1 atom stereocenters. The number of halogens is 4. The summed E-state index contributed by atoms with van der Waals surface area (Å²) >= 11 is 0. The third-order valence-electron chi connectivity index (χ3n) is 4.24. The van der Waals surface area contributed by atoms with Gasteiger partial charge in [-0.05, 0) is 43.2 Å². The van der Waals surface area contributed by atoms with Crippen molar-refractivity contribution in [2.75, 3.05) is 18.4 Å². The number of hydrogen-bond donors (Lipinski definition) is 2. The third-order valence-corrected chi connectivity index (χ3v) is 4.24. The second kappa shape index (κ2) is 8.58. The predicted molar refractivity (Wildman–Crippen MR) is 99.3 cm³/mol. The van der Waals surface area contributed by atoms with Crippen molar-refractivity contribution in [1.82, 2.24) is 9.88 Å². The van der Waals surface area contributed by atoms with E-state index in [-0.39, 0.29) is 35.9 Å². The zero-order valence-electron chi connectivity index (χ0n) is 14.4. The average molecular weight is 401 g/mol. The highest BCUT2D eigenvalue weighted by molar-refractivity contribution is 5.99. The summed E-state index contributed by atoms with van der Waals surface area (Å²) in [7, 11) is 0. The molecule has 0 spiro atoms. The quantitative estimate of drug-likeness (QED) is 0.821. The lowest BCUT2D eigenvalue weighted by molar-refractivity contribution is -0.137. The minimum Gasteiger partial charge on any atom is -0.340 e. The Balaban J connectivity index is 0.00000261. The van der Waals surface area contributed by atoms with E-state index in [1.807, 2.05) is 0 Å². The fraction of sp³-hybridized carbons (Fsp3) is 0.333. The first kappa shape index (κ1) is 21.0. The van der Waals surface area contributed by atoms with Crippen LogP contribution in [-0.2, 0) is 6.18 Å². The number of nitrogens with two attached hydrogens (primary N) is 1. The molecule has 1 amide bonds. The number of hydrogen-bond acceptors (Lipinski definition) is 4. The predicted octanol–water partition coefficient (Wildman–Crippen LogP) is 3.83. The summed E-state index contributed by atoms with van der Waals surface area (Å²) in [6, 6.07) is 7.93. The Hall–Kier alpha value is -2.32. The maximum atomic E-state index is 12.9. The molecule has 1 saturated heterocycles. The zero-order chi connectivity index (χ0) is 18.7. The van der Waals surface area contributed by atoms with Gasteiger partial charge in [0.25, 0.3) is 5.91 Å². The van der Waals surface area contributed by atoms with E-state index >= 15 is 0 Å². The number of carbonyl (C=O) groups excluding carboxylic acids is 1. The van der Waals surface area contributed by atoms with Gasteiger partial charge in [-0.2, -0.15) is 13.2 Å². The maximum absolute atomic E-state index is 12.9. The Morgan fingerprint density at radius 2 is 2.04 bits per heavy atom. The van der Waals surface area contributed by atoms with Crippen molar-refractivity contribution in [3.8, 4) is 0 Å². The summed E-state index contributed by atoms with van der Waals surface area (Å²) in [5.74, 6) is -0.0151. The fourth-order valence-corrected chi connectivity index (χ4v) is 2.95. The van der Waals surface area contributed by atoms with Crippen LogP contribution in [-0.4, -0.2) is 34.9 Å². The zero-order valence-corrected chi connectivity index (χ0v) is 15.2. The molecule has 1 fully saturated rings. The molecule has 9 heteroatoms. The van der Waals surface area contributed by atoms with Crippen molar-refractivity contribution in [2.24, 2.45) is 5.73 Å². The average Bonchev–Trinajstić information content (AvgIpc) is 2.61. The van der Waals surface area contributed by atoms with Crippen molar-refractivity contribution >= 4 is 29.8 Å². The maximum Gasteiger partial charge on any atom is 0.416 e. The Labute approximate surface area is 161 Å². The molecule has 1 aromatic heterocycles. The Kier molecular flexibility index (Phi) is 6.67. The molecule has 1 unspecified atom stereocenters. The van der Waals surface area contributed by atoms with E-state index in [9.17, 15) is 18.0 Å². The van der Waals surface area contributed by atoms with Crippen LogP contribution < -0.4 is 11.1 Å². The lowest BCUT2D eigenvalue weighted by Gasteiger charge is -2.31. The number of benzene rings is 1. The van der Waals surface area contributed by atoms with Crippen LogP contribution >= 0.6 is 12.4 Å². The van der Waals surface area contributed by atoms with Gasteiger partial charge in [-0.25, -0.2) is 4.98 Å². The number of rotatable bonds is 3. The molecule has 2 aromatic rings. The van der Waals surface area contributed by atoms with Gasteiger partial charge in [0.1, 0.15) is 5.82 Å². The molecule has 3 rings (SSSR count). The molecule has 5 nitrogen and oxygen atoms in total. The summed E-state index contributed by atoms with van der Waals surface area (Å²) in [4.78, 5) is 18.6. The largest absolute Gasteiger partial charge is 0.416 e. The van der Waals surface area contributed by atoms with Gasteiger partial charge in [0, 0.05) is 31.0 Å². The van der Waals surface area contributed by atoms with Crippen LogP contribution in [0.1, 0.15) is 28.8 Å². The highest BCUT2D eigenvalue weighted by atomic mass is 35.5. The number of alkyl halides is 3. The van der Waals surface area contributed by atoms with Crippen LogP contribution in [0, 0.1) is 0 Å². The number of piperidine rings is 1. The number of likely N-dealkylation sites (tertiary alicyclic amines) is 1. The summed E-state index contributed by atoms with van der Waals surface area (Å²) in [5, 5.41) is 2.83. The van der Waals surface area contributed by atoms with Crippen LogP contribution in [0.4, 0.5) is 24.7 Å². The summed E-state index contributed by atoms with van der Waals surface area (Å²) in [6.07, 6.45) is -1.27. The van der Waals surface area contributed by atoms with Crippen molar-refractivity contribution in [3.05, 3.63) is 53.7 Å². The number of amides is 1. The van der Waals surface area contributed by atoms with Crippen LogP contribution in [0.3, 0.4) is 0 Å². The number of nitrogens with one attached hydrogen (secondary N) is 1. The van der Waals surface area contributed by atoms with Crippen LogP contribution in [0.2, 0.25) is 0 Å². The SMILES string of the molecule is Cl.NC1CCCN(C(=O)c2cccnc2Nc2cccc(C(F)(F)F)c2)C1. The Morgan fingerprint density at radius 1 is 1.26 bits per heavy atom. The molecular weight excluding hydrogens is 381 g/mol. The van der Waals surface area contributed by atoms with Crippen LogP contribution in [0.15, 0.2) is 42.6 Å². The normalized spacial score (nSPS) is 17.2. The van der Waals surface area contributed by atoms with Gasteiger partial charge < -0.3 is 16.0 Å². The molecule has 1 aromatic carbocycles. The van der Waals surface area contributed by atoms with Gasteiger partial charge in [-0.15, -0.1) is 12.4 Å². The number of nitrogens with zero attached hydrogens (tertiary/aromatic N) is 2. The van der Waals surface area contributed by atoms with E-state index in [1.54, 1.807) is 17.0 Å². The third kappa shape index (κ3) is 5.11. The fourth-order valence-electron chi connectivity index (χ4n) is 2.95. The summed E-state index contributed by atoms with van der Waals surface area (Å²) in [6.45, 7) is 1.06. The van der Waals surface area contributed by atoms with E-state index in [0.717, 1.165) is 25.0 Å². The molecule has 0 radical (unpaired) electrons. The van der Waals surface area contributed by atoms with Crippen LogP contribution in [0.5, 0.6) is 0 Å².